The van der Waals surface area contributed by atoms with E-state index >= 15 is 0 Å². The van der Waals surface area contributed by atoms with Gasteiger partial charge in [-0.3, -0.25) is 0 Å². The van der Waals surface area contributed by atoms with Crippen LogP contribution in [0.4, 0.5) is 0 Å². The number of phosphoric acid groups is 1. The molecule has 0 aromatic heterocycles. The van der Waals surface area contributed by atoms with Crippen molar-refractivity contribution in [3.63, 3.8) is 0 Å². The lowest BCUT2D eigenvalue weighted by Crippen LogP contribution is -2.32. The first kappa shape index (κ1) is 22.4. The molecule has 3 N–H and O–H groups in total. The summed E-state index contributed by atoms with van der Waals surface area (Å²) in [6.07, 6.45) is 7.02. The van der Waals surface area contributed by atoms with Gasteiger partial charge < -0.3 is 19.6 Å². The first-order valence-corrected chi connectivity index (χ1v) is 9.20. The lowest BCUT2D eigenvalue weighted by molar-refractivity contribution is 0.216. The quantitative estimate of drug-likeness (QED) is 0.449. The van der Waals surface area contributed by atoms with Crippen molar-refractivity contribution in [1.82, 2.24) is 4.90 Å². The van der Waals surface area contributed by atoms with Crippen molar-refractivity contribution >= 4 is 7.82 Å². The van der Waals surface area contributed by atoms with Crippen molar-refractivity contribution < 1.29 is 19.2 Å². The summed E-state index contributed by atoms with van der Waals surface area (Å²) < 4.78 is 8.88. The Morgan fingerprint density at radius 3 is 1.65 bits per heavy atom. The Hall–Kier alpha value is 0.0700. The van der Waals surface area contributed by atoms with Gasteiger partial charge in [0.05, 0.1) is 0 Å². The Morgan fingerprint density at radius 1 is 0.900 bits per heavy atom. The molecule has 0 heterocycles. The van der Waals surface area contributed by atoms with Crippen molar-refractivity contribution in [2.45, 2.75) is 72.8 Å². The smallest absolute Gasteiger partial charge is 0.303 e. The molecule has 0 aliphatic carbocycles. The second kappa shape index (κ2) is 12.8. The Balaban J connectivity index is 0. The first-order valence-electron chi connectivity index (χ1n) is 7.64. The van der Waals surface area contributed by atoms with E-state index in [9.17, 15) is 0 Å². The molecule has 6 heteroatoms. The van der Waals surface area contributed by atoms with E-state index in [4.69, 9.17) is 19.2 Å². The second-order valence-corrected chi connectivity index (χ2v) is 6.64. The van der Waals surface area contributed by atoms with Crippen LogP contribution in [0.5, 0.6) is 0 Å². The van der Waals surface area contributed by atoms with Crippen molar-refractivity contribution in [2.75, 3.05) is 13.1 Å². The van der Waals surface area contributed by atoms with E-state index in [2.05, 4.69) is 39.5 Å². The highest BCUT2D eigenvalue weighted by molar-refractivity contribution is 7.45. The number of rotatable bonds is 9. The number of unbranched alkanes of at least 4 members (excludes halogenated alkanes) is 2. The van der Waals surface area contributed by atoms with Gasteiger partial charge in [-0.25, -0.2) is 4.57 Å². The third kappa shape index (κ3) is 20.4. The summed E-state index contributed by atoms with van der Waals surface area (Å²) >= 11 is 0. The van der Waals surface area contributed by atoms with Gasteiger partial charge in [-0.1, -0.05) is 53.4 Å². The maximum atomic E-state index is 8.88. The zero-order valence-electron chi connectivity index (χ0n) is 13.7. The van der Waals surface area contributed by atoms with Gasteiger partial charge in [-0.05, 0) is 32.4 Å². The second-order valence-electron chi connectivity index (χ2n) is 5.62. The molecule has 20 heavy (non-hydrogen) atoms. The monoisotopic (exact) mass is 311 g/mol. The maximum Gasteiger partial charge on any atom is 0.466 e. The van der Waals surface area contributed by atoms with Crippen LogP contribution in [0, 0.1) is 5.92 Å². The van der Waals surface area contributed by atoms with Crippen molar-refractivity contribution in [1.29, 1.82) is 0 Å². The predicted octanol–water partition coefficient (Wildman–Crippen LogP) is 3.39. The summed E-state index contributed by atoms with van der Waals surface area (Å²) in [5.74, 6) is 0.880. The fourth-order valence-corrected chi connectivity index (χ4v) is 2.20. The summed E-state index contributed by atoms with van der Waals surface area (Å²) in [6, 6.07) is 0.777. The summed E-state index contributed by atoms with van der Waals surface area (Å²) in [4.78, 5) is 24.1. The van der Waals surface area contributed by atoms with E-state index < -0.39 is 7.82 Å². The molecule has 0 spiro atoms. The minimum atomic E-state index is -4.64. The van der Waals surface area contributed by atoms with Crippen molar-refractivity contribution in [3.8, 4) is 0 Å². The molecular weight excluding hydrogens is 277 g/mol. The van der Waals surface area contributed by atoms with Gasteiger partial charge in [0.25, 0.3) is 0 Å². The first-order chi connectivity index (χ1) is 9.11. The average Bonchev–Trinajstić information content (AvgIpc) is 2.27. The summed E-state index contributed by atoms with van der Waals surface area (Å²) in [7, 11) is -4.64. The molecule has 1 atom stereocenters. The molecule has 0 rings (SSSR count). The van der Waals surface area contributed by atoms with E-state index in [0.29, 0.717) is 0 Å². The van der Waals surface area contributed by atoms with Gasteiger partial charge in [0.15, 0.2) is 0 Å². The van der Waals surface area contributed by atoms with Gasteiger partial charge >= 0.3 is 7.82 Å². The van der Waals surface area contributed by atoms with E-state index in [1.54, 1.807) is 0 Å². The Labute approximate surface area is 124 Å². The van der Waals surface area contributed by atoms with Crippen molar-refractivity contribution in [3.05, 3.63) is 0 Å². The van der Waals surface area contributed by atoms with Crippen LogP contribution in [0.25, 0.3) is 0 Å². The minimum Gasteiger partial charge on any atom is -0.303 e. The zero-order valence-corrected chi connectivity index (χ0v) is 14.6. The highest BCUT2D eigenvalue weighted by Gasteiger charge is 2.08. The molecule has 0 aliphatic heterocycles. The fourth-order valence-electron chi connectivity index (χ4n) is 2.20. The number of hydrogen-bond donors (Lipinski definition) is 3. The Kier molecular flexibility index (Phi) is 14.3. The van der Waals surface area contributed by atoms with Crippen LogP contribution in [0.3, 0.4) is 0 Å². The van der Waals surface area contributed by atoms with Gasteiger partial charge in [0.2, 0.25) is 0 Å². The lowest BCUT2D eigenvalue weighted by atomic mass is 10.0. The SMILES string of the molecule is CCN(CC)C(C)CCCCCC(C)C.O=P(O)(O)O. The third-order valence-corrected chi connectivity index (χ3v) is 3.34. The van der Waals surface area contributed by atoms with Gasteiger partial charge in [0, 0.05) is 6.04 Å². The van der Waals surface area contributed by atoms with Gasteiger partial charge in [0.1, 0.15) is 0 Å². The Bertz CT molecular complexity index is 243. The van der Waals surface area contributed by atoms with Crippen LogP contribution >= 0.6 is 7.82 Å². The van der Waals surface area contributed by atoms with Crippen LogP contribution in [-0.2, 0) is 4.57 Å². The molecule has 0 saturated heterocycles. The normalized spacial score (nSPS) is 13.3. The predicted molar refractivity (Wildman–Crippen MR) is 84.6 cm³/mol. The van der Waals surface area contributed by atoms with E-state index in [-0.39, 0.29) is 0 Å². The molecule has 0 aromatic carbocycles. The molecule has 124 valence electrons. The third-order valence-electron chi connectivity index (χ3n) is 3.34. The van der Waals surface area contributed by atoms with E-state index in [1.165, 1.54) is 45.2 Å². The summed E-state index contributed by atoms with van der Waals surface area (Å²) in [5.41, 5.74) is 0. The molecule has 0 amide bonds. The molecule has 0 radical (unpaired) electrons. The topological polar surface area (TPSA) is 81.0 Å². The Morgan fingerprint density at radius 2 is 1.30 bits per heavy atom. The molecule has 0 bridgehead atoms. The maximum absolute atomic E-state index is 8.88. The lowest BCUT2D eigenvalue weighted by Gasteiger charge is -2.26. The highest BCUT2D eigenvalue weighted by atomic mass is 31.2. The standard InChI is InChI=1S/C14H31N.H3O4P/c1-6-15(7-2)14(5)12-10-8-9-11-13(3)4;1-5(2,3)4/h13-14H,6-12H2,1-5H3;(H3,1,2,3,4). The minimum absolute atomic E-state index is 0.777. The molecule has 0 saturated carbocycles. The molecular formula is C14H34NO4P. The molecule has 5 nitrogen and oxygen atoms in total. The van der Waals surface area contributed by atoms with Crippen molar-refractivity contribution in [2.24, 2.45) is 5.92 Å². The largest absolute Gasteiger partial charge is 0.466 e. The van der Waals surface area contributed by atoms with Gasteiger partial charge in [-0.15, -0.1) is 0 Å². The molecule has 0 fully saturated rings. The van der Waals surface area contributed by atoms with Crippen LogP contribution in [0.15, 0.2) is 0 Å². The zero-order chi connectivity index (χ0) is 16.2. The average molecular weight is 311 g/mol. The van der Waals surface area contributed by atoms with Crippen LogP contribution in [0.1, 0.15) is 66.7 Å². The van der Waals surface area contributed by atoms with Crippen LogP contribution < -0.4 is 0 Å². The highest BCUT2D eigenvalue weighted by Crippen LogP contribution is 2.25. The summed E-state index contributed by atoms with van der Waals surface area (Å²) in [5, 5.41) is 0. The molecule has 1 unspecified atom stereocenters. The number of nitrogens with zero attached hydrogens (tertiary/aromatic N) is 1. The van der Waals surface area contributed by atoms with Crippen LogP contribution in [0.2, 0.25) is 0 Å². The van der Waals surface area contributed by atoms with Crippen LogP contribution in [-0.4, -0.2) is 38.7 Å². The number of hydrogen-bond acceptors (Lipinski definition) is 2. The summed E-state index contributed by atoms with van der Waals surface area (Å²) in [6.45, 7) is 13.9. The van der Waals surface area contributed by atoms with Gasteiger partial charge in [-0.2, -0.15) is 0 Å². The molecule has 0 aliphatic rings. The van der Waals surface area contributed by atoms with E-state index in [1.807, 2.05) is 0 Å². The fraction of sp³-hybridized carbons (Fsp3) is 1.00. The van der Waals surface area contributed by atoms with E-state index in [0.717, 1.165) is 12.0 Å². The molecule has 0 aromatic rings.